The summed E-state index contributed by atoms with van der Waals surface area (Å²) in [4.78, 5) is 15.8. The predicted octanol–water partition coefficient (Wildman–Crippen LogP) is 3.93. The molecule has 0 atom stereocenters. The van der Waals surface area contributed by atoms with Gasteiger partial charge in [0.25, 0.3) is 5.91 Å². The second kappa shape index (κ2) is 5.45. The smallest absolute Gasteiger partial charge is 0.293 e. The Labute approximate surface area is 122 Å². The first-order chi connectivity index (χ1) is 10.1. The molecule has 2 aromatic heterocycles. The molecule has 7 heteroatoms. The van der Waals surface area contributed by atoms with Gasteiger partial charge in [0.2, 0.25) is 0 Å². The first-order valence-electron chi connectivity index (χ1n) is 5.89. The molecule has 0 aliphatic heterocycles. The molecule has 0 bridgehead atoms. The maximum Gasteiger partial charge on any atom is 0.293 e. The number of benzene rings is 1. The van der Waals surface area contributed by atoms with E-state index in [0.29, 0.717) is 5.13 Å². The third-order valence-corrected chi connectivity index (χ3v) is 3.37. The van der Waals surface area contributed by atoms with Crippen molar-refractivity contribution in [3.05, 3.63) is 59.3 Å². The van der Waals surface area contributed by atoms with Crippen LogP contribution in [-0.4, -0.2) is 10.9 Å². The molecule has 0 saturated carbocycles. The number of nitrogens with zero attached hydrogens (tertiary/aromatic N) is 1. The molecule has 3 aromatic rings. The number of hydrogen-bond acceptors (Lipinski definition) is 4. The average molecular weight is 306 g/mol. The molecule has 1 N–H and O–H groups in total. The number of rotatable bonds is 3. The number of amides is 1. The SMILES string of the molecule is O=C(Nc1nccs1)c1ccc(-c2ccc(F)cc2F)o1. The summed E-state index contributed by atoms with van der Waals surface area (Å²) in [5, 5.41) is 4.70. The van der Waals surface area contributed by atoms with Crippen molar-refractivity contribution in [2.75, 3.05) is 5.32 Å². The molecule has 0 radical (unpaired) electrons. The molecule has 0 saturated heterocycles. The fourth-order valence-electron chi connectivity index (χ4n) is 1.74. The van der Waals surface area contributed by atoms with Crippen molar-refractivity contribution in [2.24, 2.45) is 0 Å². The highest BCUT2D eigenvalue weighted by Crippen LogP contribution is 2.26. The monoisotopic (exact) mass is 306 g/mol. The molecule has 1 amide bonds. The van der Waals surface area contributed by atoms with E-state index in [1.807, 2.05) is 0 Å². The Hall–Kier alpha value is -2.54. The Morgan fingerprint density at radius 3 is 2.81 bits per heavy atom. The summed E-state index contributed by atoms with van der Waals surface area (Å²) in [6.45, 7) is 0. The van der Waals surface area contributed by atoms with Crippen molar-refractivity contribution < 1.29 is 18.0 Å². The molecular weight excluding hydrogens is 298 g/mol. The van der Waals surface area contributed by atoms with Crippen molar-refractivity contribution in [3.63, 3.8) is 0 Å². The third-order valence-electron chi connectivity index (χ3n) is 2.68. The molecule has 1 aromatic carbocycles. The summed E-state index contributed by atoms with van der Waals surface area (Å²) in [6.07, 6.45) is 1.56. The van der Waals surface area contributed by atoms with Crippen LogP contribution in [0.5, 0.6) is 0 Å². The van der Waals surface area contributed by atoms with Gasteiger partial charge in [-0.3, -0.25) is 10.1 Å². The minimum atomic E-state index is -0.753. The van der Waals surface area contributed by atoms with Crippen LogP contribution in [0.15, 0.2) is 46.3 Å². The number of carbonyl (C=O) groups excluding carboxylic acids is 1. The van der Waals surface area contributed by atoms with Gasteiger partial charge in [0, 0.05) is 17.6 Å². The molecule has 0 unspecified atom stereocenters. The van der Waals surface area contributed by atoms with Crippen molar-refractivity contribution >= 4 is 22.4 Å². The first kappa shape index (κ1) is 13.4. The Balaban J connectivity index is 1.84. The number of hydrogen-bond donors (Lipinski definition) is 1. The van der Waals surface area contributed by atoms with Gasteiger partial charge < -0.3 is 4.42 Å². The summed E-state index contributed by atoms with van der Waals surface area (Å²) >= 11 is 1.27. The number of furan rings is 1. The largest absolute Gasteiger partial charge is 0.451 e. The highest BCUT2D eigenvalue weighted by Gasteiger charge is 2.15. The lowest BCUT2D eigenvalue weighted by Gasteiger charge is -2.00. The summed E-state index contributed by atoms with van der Waals surface area (Å²) in [7, 11) is 0. The zero-order chi connectivity index (χ0) is 14.8. The Bertz CT molecular complexity index is 784. The van der Waals surface area contributed by atoms with E-state index in [0.717, 1.165) is 12.1 Å². The van der Waals surface area contributed by atoms with E-state index >= 15 is 0 Å². The number of carbonyl (C=O) groups is 1. The molecule has 0 aliphatic carbocycles. The van der Waals surface area contributed by atoms with Crippen molar-refractivity contribution in [3.8, 4) is 11.3 Å². The number of thiazole rings is 1. The Morgan fingerprint density at radius 1 is 1.24 bits per heavy atom. The van der Waals surface area contributed by atoms with E-state index in [4.69, 9.17) is 4.42 Å². The molecule has 2 heterocycles. The Kier molecular flexibility index (Phi) is 3.49. The van der Waals surface area contributed by atoms with Crippen molar-refractivity contribution in [2.45, 2.75) is 0 Å². The molecular formula is C14H8F2N2O2S. The normalized spacial score (nSPS) is 10.6. The van der Waals surface area contributed by atoms with Crippen LogP contribution in [0, 0.1) is 11.6 Å². The van der Waals surface area contributed by atoms with Gasteiger partial charge in [0.1, 0.15) is 17.4 Å². The minimum absolute atomic E-state index is 0.0175. The van der Waals surface area contributed by atoms with E-state index in [-0.39, 0.29) is 17.1 Å². The van der Waals surface area contributed by atoms with Gasteiger partial charge >= 0.3 is 0 Å². The van der Waals surface area contributed by atoms with Crippen LogP contribution >= 0.6 is 11.3 Å². The lowest BCUT2D eigenvalue weighted by atomic mass is 10.1. The van der Waals surface area contributed by atoms with Gasteiger partial charge in [-0.25, -0.2) is 13.8 Å². The molecule has 0 aliphatic rings. The van der Waals surface area contributed by atoms with Gasteiger partial charge in [-0.15, -0.1) is 11.3 Å². The van der Waals surface area contributed by atoms with Gasteiger partial charge in [0.15, 0.2) is 10.9 Å². The number of aromatic nitrogens is 1. The predicted molar refractivity (Wildman–Crippen MR) is 74.1 cm³/mol. The highest BCUT2D eigenvalue weighted by atomic mass is 32.1. The quantitative estimate of drug-likeness (QED) is 0.797. The molecule has 4 nitrogen and oxygen atoms in total. The third kappa shape index (κ3) is 2.82. The standard InChI is InChI=1S/C14H8F2N2O2S/c15-8-1-2-9(10(16)7-8)11-3-4-12(20-11)13(19)18-14-17-5-6-21-14/h1-7H,(H,17,18,19). The number of anilines is 1. The molecule has 3 rings (SSSR count). The number of nitrogens with one attached hydrogen (secondary N) is 1. The van der Waals surface area contributed by atoms with E-state index in [9.17, 15) is 13.6 Å². The topological polar surface area (TPSA) is 55.1 Å². The van der Waals surface area contributed by atoms with Crippen molar-refractivity contribution in [1.82, 2.24) is 4.98 Å². The molecule has 106 valence electrons. The van der Waals surface area contributed by atoms with Crippen LogP contribution < -0.4 is 5.32 Å². The van der Waals surface area contributed by atoms with Crippen LogP contribution in [0.3, 0.4) is 0 Å². The second-order valence-electron chi connectivity index (χ2n) is 4.08. The average Bonchev–Trinajstić information content (AvgIpc) is 3.09. The maximum atomic E-state index is 13.6. The zero-order valence-corrected chi connectivity index (χ0v) is 11.3. The Morgan fingerprint density at radius 2 is 2.10 bits per heavy atom. The summed E-state index contributed by atoms with van der Waals surface area (Å²) in [5.41, 5.74) is 0.0877. The fraction of sp³-hybridized carbons (Fsp3) is 0. The highest BCUT2D eigenvalue weighted by molar-refractivity contribution is 7.13. The van der Waals surface area contributed by atoms with E-state index in [1.54, 1.807) is 11.6 Å². The number of halogens is 2. The molecule has 0 spiro atoms. The van der Waals surface area contributed by atoms with Crippen LogP contribution in [-0.2, 0) is 0 Å². The van der Waals surface area contributed by atoms with Crippen molar-refractivity contribution in [1.29, 1.82) is 0 Å². The van der Waals surface area contributed by atoms with Gasteiger partial charge in [-0.05, 0) is 24.3 Å². The molecule has 21 heavy (non-hydrogen) atoms. The lowest BCUT2D eigenvalue weighted by molar-refractivity contribution is 0.0997. The minimum Gasteiger partial charge on any atom is -0.451 e. The zero-order valence-electron chi connectivity index (χ0n) is 10.5. The fourth-order valence-corrected chi connectivity index (χ4v) is 2.26. The van der Waals surface area contributed by atoms with Crippen LogP contribution in [0.25, 0.3) is 11.3 Å². The van der Waals surface area contributed by atoms with Crippen LogP contribution in [0.2, 0.25) is 0 Å². The summed E-state index contributed by atoms with van der Waals surface area (Å²) in [6, 6.07) is 6.00. The first-order valence-corrected chi connectivity index (χ1v) is 6.77. The summed E-state index contributed by atoms with van der Waals surface area (Å²) in [5.74, 6) is -1.75. The second-order valence-corrected chi connectivity index (χ2v) is 4.97. The van der Waals surface area contributed by atoms with Crippen LogP contribution in [0.1, 0.15) is 10.6 Å². The van der Waals surface area contributed by atoms with E-state index < -0.39 is 17.5 Å². The van der Waals surface area contributed by atoms with Crippen LogP contribution in [0.4, 0.5) is 13.9 Å². The maximum absolute atomic E-state index is 13.6. The van der Waals surface area contributed by atoms with E-state index in [2.05, 4.69) is 10.3 Å². The summed E-state index contributed by atoms with van der Waals surface area (Å²) < 4.78 is 31.8. The van der Waals surface area contributed by atoms with Gasteiger partial charge in [0.05, 0.1) is 5.56 Å². The van der Waals surface area contributed by atoms with Gasteiger partial charge in [-0.2, -0.15) is 0 Å². The van der Waals surface area contributed by atoms with Gasteiger partial charge in [-0.1, -0.05) is 0 Å². The molecule has 0 fully saturated rings. The lowest BCUT2D eigenvalue weighted by Crippen LogP contribution is -2.10. The van der Waals surface area contributed by atoms with E-state index in [1.165, 1.54) is 29.5 Å².